The first kappa shape index (κ1) is 26.4. The van der Waals surface area contributed by atoms with Gasteiger partial charge in [-0.25, -0.2) is 0 Å². The number of hydrogen-bond donors (Lipinski definition) is 1. The highest BCUT2D eigenvalue weighted by Crippen LogP contribution is 2.48. The van der Waals surface area contributed by atoms with Crippen molar-refractivity contribution in [3.8, 4) is 39.0 Å². The van der Waals surface area contributed by atoms with Gasteiger partial charge in [0.15, 0.2) is 0 Å². The average molecular weight is 687 g/mol. The van der Waals surface area contributed by atoms with E-state index in [0.29, 0.717) is 0 Å². The van der Waals surface area contributed by atoms with E-state index in [4.69, 9.17) is 9.59 Å². The van der Waals surface area contributed by atoms with Gasteiger partial charge < -0.3 is 5.11 Å². The molecule has 4 nitrogen and oxygen atoms in total. The van der Waals surface area contributed by atoms with E-state index in [9.17, 15) is 9.90 Å². The molecule has 11 heteroatoms. The Bertz CT molecular complexity index is 1530. The van der Waals surface area contributed by atoms with E-state index in [0.717, 1.165) is 32.6 Å². The van der Waals surface area contributed by atoms with Gasteiger partial charge in [-0.1, -0.05) is 0 Å². The summed E-state index contributed by atoms with van der Waals surface area (Å²) >= 11 is 15.7. The number of aliphatic carboxylic acids is 1. The molecular weight excluding hydrogens is 672 g/mol. The average Bonchev–Trinajstić information content (AvgIpc) is 3.59. The highest BCUT2D eigenvalue weighted by atomic mass is 79.9. The Morgan fingerprint density at radius 3 is 1.74 bits per heavy atom. The Morgan fingerprint density at radius 2 is 1.23 bits per heavy atom. The van der Waals surface area contributed by atoms with Crippen LogP contribution in [0.25, 0.3) is 39.0 Å². The van der Waals surface area contributed by atoms with Gasteiger partial charge in [-0.05, 0) is 98.4 Å². The minimum absolute atomic E-state index is 0.0288. The molecule has 0 aromatic carbocycles. The molecule has 1 N–H and O–H groups in total. The summed E-state index contributed by atoms with van der Waals surface area (Å²) < 4.78 is 2.21. The first-order valence-corrected chi connectivity index (χ1v) is 15.5. The van der Waals surface area contributed by atoms with Crippen LogP contribution in [0.1, 0.15) is 11.1 Å². The predicted octanol–water partition coefficient (Wildman–Crippen LogP) is 9.54. The Kier molecular flexibility index (Phi) is 8.72. The van der Waals surface area contributed by atoms with Crippen molar-refractivity contribution >= 4 is 101 Å². The summed E-state index contributed by atoms with van der Waals surface area (Å²) in [6.45, 7) is 2.16. The van der Waals surface area contributed by atoms with Crippen molar-refractivity contribution in [2.75, 3.05) is 0 Å². The van der Waals surface area contributed by atoms with Gasteiger partial charge >= 0.3 is 12.1 Å². The molecule has 0 bridgehead atoms. The van der Waals surface area contributed by atoms with Gasteiger partial charge in [0, 0.05) is 39.0 Å². The van der Waals surface area contributed by atoms with Crippen molar-refractivity contribution in [2.45, 2.75) is 13.3 Å². The molecule has 0 aliphatic rings. The molecule has 0 saturated carbocycles. The zero-order chi connectivity index (χ0) is 25.1. The molecule has 0 spiro atoms. The number of rotatable bonds is 6. The fourth-order valence-electron chi connectivity index (χ4n) is 3.38. The first-order valence-electron chi connectivity index (χ1n) is 9.85. The first-order chi connectivity index (χ1) is 16.8. The quantitative estimate of drug-likeness (QED) is 0.193. The molecule has 0 radical (unpaired) electrons. The van der Waals surface area contributed by atoms with Gasteiger partial charge in [0.1, 0.15) is 0 Å². The maximum atomic E-state index is 11.5. The number of halogens is 2. The van der Waals surface area contributed by atoms with Crippen LogP contribution in [0, 0.1) is 6.92 Å². The van der Waals surface area contributed by atoms with Crippen molar-refractivity contribution in [3.63, 3.8) is 0 Å². The van der Waals surface area contributed by atoms with Crippen molar-refractivity contribution < 1.29 is 19.5 Å². The van der Waals surface area contributed by atoms with E-state index < -0.39 is 5.97 Å². The second kappa shape index (κ2) is 11.6. The lowest BCUT2D eigenvalue weighted by atomic mass is 10.1. The second-order valence-corrected chi connectivity index (χ2v) is 15.2. The number of carboxylic acid groups (broad SMARTS) is 1. The Hall–Kier alpha value is -1.69. The second-order valence-electron chi connectivity index (χ2n) is 7.11. The van der Waals surface area contributed by atoms with Crippen molar-refractivity contribution in [1.29, 1.82) is 0 Å². The van der Waals surface area contributed by atoms with E-state index in [2.05, 4.69) is 75.2 Å². The van der Waals surface area contributed by atoms with E-state index in [-0.39, 0.29) is 12.6 Å². The summed E-state index contributed by atoms with van der Waals surface area (Å²) in [5.41, 5.74) is 2.14. The number of hydrogen-bond acceptors (Lipinski definition) is 8. The van der Waals surface area contributed by atoms with Crippen LogP contribution >= 0.6 is 88.5 Å². The summed E-state index contributed by atoms with van der Waals surface area (Å²) in [6, 6.07) is 16.9. The minimum atomic E-state index is -0.805. The number of carbonyl (C=O) groups is 1. The summed E-state index contributed by atoms with van der Waals surface area (Å²) in [6.07, 6.45) is 0.279. The standard InChI is InChI=1S/C23H14Br2O2S5.CO2/c1-11-8-17(13-4-6-19(24)29-13)31-22(11)15-2-3-16(28-15)23-12(10-21(26)27)9-18(32-23)14-5-7-20(25)30-14;2-1-3/h2-9H,10H2,1H3,(H,26,27);. The van der Waals surface area contributed by atoms with E-state index in [1.807, 2.05) is 23.5 Å². The molecule has 5 aromatic rings. The van der Waals surface area contributed by atoms with Gasteiger partial charge in [0.25, 0.3) is 0 Å². The highest BCUT2D eigenvalue weighted by molar-refractivity contribution is 9.11. The monoisotopic (exact) mass is 684 g/mol. The minimum Gasteiger partial charge on any atom is -0.481 e. The smallest absolute Gasteiger partial charge is 0.373 e. The summed E-state index contributed by atoms with van der Waals surface area (Å²) in [7, 11) is 0. The lowest BCUT2D eigenvalue weighted by Gasteiger charge is -1.98. The number of carbonyl (C=O) groups excluding carboxylic acids is 2. The molecule has 35 heavy (non-hydrogen) atoms. The molecule has 0 aliphatic heterocycles. The van der Waals surface area contributed by atoms with Crippen molar-refractivity contribution in [3.05, 3.63) is 67.2 Å². The SMILES string of the molecule is Cc1cc(-c2ccc(Br)s2)sc1-c1ccc(-c2sc(-c3ccc(Br)s3)cc2CC(=O)O)s1.O=C=O. The van der Waals surface area contributed by atoms with Crippen LogP contribution in [-0.2, 0) is 20.8 Å². The van der Waals surface area contributed by atoms with Gasteiger partial charge in [0.05, 0.1) is 14.0 Å². The normalized spacial score (nSPS) is 10.6. The van der Waals surface area contributed by atoms with Gasteiger partial charge in [-0.3, -0.25) is 4.79 Å². The maximum absolute atomic E-state index is 11.5. The van der Waals surface area contributed by atoms with E-state index in [1.54, 1.807) is 45.3 Å². The molecule has 0 amide bonds. The molecule has 5 aromatic heterocycles. The van der Waals surface area contributed by atoms with E-state index >= 15 is 0 Å². The zero-order valence-electron chi connectivity index (χ0n) is 17.8. The van der Waals surface area contributed by atoms with Crippen LogP contribution in [0.4, 0.5) is 0 Å². The van der Waals surface area contributed by atoms with Crippen LogP contribution in [0.15, 0.2) is 56.1 Å². The number of carboxylic acids is 1. The van der Waals surface area contributed by atoms with E-state index in [1.165, 1.54) is 25.1 Å². The lowest BCUT2D eigenvalue weighted by molar-refractivity contribution is -0.191. The Labute approximate surface area is 237 Å². The topological polar surface area (TPSA) is 71.4 Å². The molecule has 178 valence electrons. The van der Waals surface area contributed by atoms with Crippen LogP contribution in [0.5, 0.6) is 0 Å². The van der Waals surface area contributed by atoms with Gasteiger partial charge in [-0.15, -0.1) is 56.7 Å². The molecule has 0 saturated heterocycles. The third kappa shape index (κ3) is 6.18. The highest BCUT2D eigenvalue weighted by Gasteiger charge is 2.19. The Morgan fingerprint density at radius 1 is 0.743 bits per heavy atom. The molecule has 5 rings (SSSR count). The van der Waals surface area contributed by atoms with Gasteiger partial charge in [0.2, 0.25) is 0 Å². The van der Waals surface area contributed by atoms with Crippen LogP contribution in [0.3, 0.4) is 0 Å². The largest absolute Gasteiger partial charge is 0.481 e. The summed E-state index contributed by atoms with van der Waals surface area (Å²) in [5, 5.41) is 9.46. The van der Waals surface area contributed by atoms with Gasteiger partial charge in [-0.2, -0.15) is 9.59 Å². The summed E-state index contributed by atoms with van der Waals surface area (Å²) in [4.78, 5) is 37.2. The van der Waals surface area contributed by atoms with Crippen LogP contribution in [-0.4, -0.2) is 17.2 Å². The van der Waals surface area contributed by atoms with Crippen LogP contribution < -0.4 is 0 Å². The third-order valence-corrected chi connectivity index (χ3v) is 12.3. The molecule has 0 fully saturated rings. The number of aryl methyl sites for hydroxylation is 1. The number of thiophene rings is 5. The fraction of sp³-hybridized carbons (Fsp3) is 0.0833. The lowest BCUT2D eigenvalue weighted by Crippen LogP contribution is -1.99. The predicted molar refractivity (Wildman–Crippen MR) is 154 cm³/mol. The van der Waals surface area contributed by atoms with Crippen LogP contribution in [0.2, 0.25) is 0 Å². The third-order valence-electron chi connectivity index (χ3n) is 4.75. The molecule has 0 atom stereocenters. The van der Waals surface area contributed by atoms with Crippen molar-refractivity contribution in [2.24, 2.45) is 0 Å². The molecular formula is C24H14Br2O4S5. The van der Waals surface area contributed by atoms with Crippen molar-refractivity contribution in [1.82, 2.24) is 0 Å². The summed E-state index contributed by atoms with van der Waals surface area (Å²) in [5.74, 6) is -0.805. The zero-order valence-corrected chi connectivity index (χ0v) is 25.0. The Balaban J connectivity index is 0.000000917. The molecule has 0 unspecified atom stereocenters. The fourth-order valence-corrected chi connectivity index (χ4v) is 9.99. The molecule has 0 aliphatic carbocycles. The maximum Gasteiger partial charge on any atom is 0.373 e. The molecule has 5 heterocycles.